The molecule has 2 amide bonds. The molecule has 1 aromatic heterocycles. The van der Waals surface area contributed by atoms with E-state index in [1.165, 1.54) is 34.4 Å². The number of halogens is 1. The minimum Gasteiger partial charge on any atom is -0.397 e. The molecule has 2 rings (SSSR count). The van der Waals surface area contributed by atoms with Gasteiger partial charge in [0, 0.05) is 23.9 Å². The van der Waals surface area contributed by atoms with E-state index in [1.807, 2.05) is 6.92 Å². The van der Waals surface area contributed by atoms with Crippen LogP contribution in [-0.2, 0) is 9.59 Å². The van der Waals surface area contributed by atoms with E-state index in [2.05, 4.69) is 4.98 Å². The van der Waals surface area contributed by atoms with Gasteiger partial charge in [-0.15, -0.1) is 11.3 Å². The Morgan fingerprint density at radius 3 is 2.56 bits per heavy atom. The molecule has 134 valence electrons. The summed E-state index contributed by atoms with van der Waals surface area (Å²) in [6.07, 6.45) is 4.25. The minimum atomic E-state index is -0.463. The van der Waals surface area contributed by atoms with E-state index < -0.39 is 5.82 Å². The Hall–Kier alpha value is -2.48. The molecule has 4 N–H and O–H groups in total. The highest BCUT2D eigenvalue weighted by molar-refractivity contribution is 7.15. The summed E-state index contributed by atoms with van der Waals surface area (Å²) in [5.41, 5.74) is 11.6. The largest absolute Gasteiger partial charge is 0.397 e. The van der Waals surface area contributed by atoms with Gasteiger partial charge in [0.1, 0.15) is 5.82 Å². The molecule has 0 atom stereocenters. The van der Waals surface area contributed by atoms with Crippen LogP contribution in [0.1, 0.15) is 37.0 Å². The Bertz CT molecular complexity index is 763. The highest BCUT2D eigenvalue weighted by atomic mass is 32.1. The maximum atomic E-state index is 13.3. The number of unbranched alkanes of at least 4 members (excludes halogenated alkanes) is 2. The number of thiazole rings is 1. The van der Waals surface area contributed by atoms with Gasteiger partial charge in [0.2, 0.25) is 11.8 Å². The first-order valence-electron chi connectivity index (χ1n) is 7.97. The van der Waals surface area contributed by atoms with Gasteiger partial charge in [0.15, 0.2) is 5.13 Å². The van der Waals surface area contributed by atoms with Gasteiger partial charge < -0.3 is 11.5 Å². The third-order valence-corrected chi connectivity index (χ3v) is 4.49. The molecule has 0 fully saturated rings. The number of benzene rings is 1. The molecule has 0 aliphatic heterocycles. The molecule has 6 nitrogen and oxygen atoms in total. The fraction of sp³-hybridized carbons (Fsp3) is 0.353. The van der Waals surface area contributed by atoms with Crippen LogP contribution in [0.3, 0.4) is 0 Å². The maximum absolute atomic E-state index is 13.3. The van der Waals surface area contributed by atoms with Crippen LogP contribution in [0.4, 0.5) is 20.9 Å². The minimum absolute atomic E-state index is 0.174. The number of hydrogen-bond donors (Lipinski definition) is 2. The average molecular weight is 364 g/mol. The maximum Gasteiger partial charge on any atom is 0.233 e. The van der Waals surface area contributed by atoms with Crippen molar-refractivity contribution in [3.05, 3.63) is 35.1 Å². The van der Waals surface area contributed by atoms with Crippen LogP contribution in [0.25, 0.3) is 0 Å². The zero-order valence-corrected chi connectivity index (χ0v) is 14.8. The van der Waals surface area contributed by atoms with E-state index in [-0.39, 0.29) is 23.9 Å². The number of anilines is 3. The lowest BCUT2D eigenvalue weighted by Crippen LogP contribution is -2.26. The molecule has 0 bridgehead atoms. The van der Waals surface area contributed by atoms with E-state index in [1.54, 1.807) is 6.20 Å². The molecule has 0 saturated heterocycles. The Labute approximate surface area is 149 Å². The lowest BCUT2D eigenvalue weighted by atomic mass is 10.1. The Morgan fingerprint density at radius 2 is 1.96 bits per heavy atom. The van der Waals surface area contributed by atoms with Crippen molar-refractivity contribution in [1.29, 1.82) is 0 Å². The van der Waals surface area contributed by atoms with Crippen molar-refractivity contribution in [1.82, 2.24) is 4.98 Å². The fourth-order valence-corrected chi connectivity index (χ4v) is 3.17. The summed E-state index contributed by atoms with van der Waals surface area (Å²) in [6, 6.07) is 3.93. The van der Waals surface area contributed by atoms with E-state index in [4.69, 9.17) is 11.5 Å². The number of rotatable bonds is 8. The second-order valence-electron chi connectivity index (χ2n) is 5.71. The molecule has 25 heavy (non-hydrogen) atoms. The number of amides is 2. The summed E-state index contributed by atoms with van der Waals surface area (Å²) in [7, 11) is 0. The molecule has 0 unspecified atom stereocenters. The zero-order chi connectivity index (χ0) is 18.4. The fourth-order valence-electron chi connectivity index (χ4n) is 2.38. The number of nitrogens with two attached hydrogens (primary N) is 2. The molecule has 0 aliphatic rings. The number of carbonyl (C=O) groups excluding carboxylic acids is 2. The lowest BCUT2D eigenvalue weighted by Gasteiger charge is -2.21. The first kappa shape index (κ1) is 18.9. The first-order valence-corrected chi connectivity index (χ1v) is 8.79. The van der Waals surface area contributed by atoms with Gasteiger partial charge in [0.05, 0.1) is 11.4 Å². The van der Waals surface area contributed by atoms with Crippen molar-refractivity contribution in [2.24, 2.45) is 5.73 Å². The quantitative estimate of drug-likeness (QED) is 0.554. The van der Waals surface area contributed by atoms with E-state index in [0.29, 0.717) is 30.1 Å². The van der Waals surface area contributed by atoms with E-state index in [0.717, 1.165) is 11.3 Å². The van der Waals surface area contributed by atoms with Crippen molar-refractivity contribution in [3.63, 3.8) is 0 Å². The number of hydrogen-bond acceptors (Lipinski definition) is 5. The van der Waals surface area contributed by atoms with Crippen LogP contribution in [0, 0.1) is 12.7 Å². The van der Waals surface area contributed by atoms with Gasteiger partial charge in [-0.2, -0.15) is 0 Å². The molecule has 0 radical (unpaired) electrons. The summed E-state index contributed by atoms with van der Waals surface area (Å²) in [4.78, 5) is 30.1. The molecular weight excluding hydrogens is 343 g/mol. The third-order valence-electron chi connectivity index (χ3n) is 3.59. The summed E-state index contributed by atoms with van der Waals surface area (Å²) in [5, 5.41) is 0.498. The Kier molecular flexibility index (Phi) is 6.46. The van der Waals surface area contributed by atoms with Crippen molar-refractivity contribution >= 4 is 39.7 Å². The summed E-state index contributed by atoms with van der Waals surface area (Å²) in [5.74, 6) is -0.979. The molecule has 8 heteroatoms. The molecule has 2 aromatic rings. The van der Waals surface area contributed by atoms with Gasteiger partial charge in [-0.1, -0.05) is 6.42 Å². The second-order valence-corrected chi connectivity index (χ2v) is 6.93. The Morgan fingerprint density at radius 1 is 1.24 bits per heavy atom. The number of aromatic nitrogens is 1. The van der Waals surface area contributed by atoms with Crippen molar-refractivity contribution in [2.75, 3.05) is 10.6 Å². The number of aryl methyl sites for hydroxylation is 1. The molecule has 0 aliphatic carbocycles. The summed E-state index contributed by atoms with van der Waals surface area (Å²) < 4.78 is 13.3. The van der Waals surface area contributed by atoms with Gasteiger partial charge in [-0.05, 0) is 38.0 Å². The predicted octanol–water partition coefficient (Wildman–Crippen LogP) is 3.27. The molecule has 1 aromatic carbocycles. The smallest absolute Gasteiger partial charge is 0.233 e. The van der Waals surface area contributed by atoms with Crippen LogP contribution >= 0.6 is 11.3 Å². The Balaban J connectivity index is 2.15. The normalized spacial score (nSPS) is 10.6. The second kappa shape index (κ2) is 8.57. The van der Waals surface area contributed by atoms with Gasteiger partial charge in [-0.25, -0.2) is 9.37 Å². The van der Waals surface area contributed by atoms with Crippen LogP contribution in [-0.4, -0.2) is 16.8 Å². The highest BCUT2D eigenvalue weighted by Gasteiger charge is 2.22. The zero-order valence-electron chi connectivity index (χ0n) is 14.0. The standard InChI is InChI=1S/C17H21FN4O2S/c1-11-10-21-17(25-11)22(14-8-7-12(18)9-13(14)19)16(24)6-4-2-3-5-15(20)23/h7-10H,2-6,19H2,1H3,(H2,20,23). The SMILES string of the molecule is Cc1cnc(N(C(=O)CCCCCC(N)=O)c2ccc(F)cc2N)s1. The highest BCUT2D eigenvalue weighted by Crippen LogP contribution is 2.34. The molecular formula is C17H21FN4O2S. The van der Waals surface area contributed by atoms with Crippen molar-refractivity contribution in [2.45, 2.75) is 39.0 Å². The van der Waals surface area contributed by atoms with Crippen LogP contribution in [0.2, 0.25) is 0 Å². The summed E-state index contributed by atoms with van der Waals surface area (Å²) in [6.45, 7) is 1.89. The van der Waals surface area contributed by atoms with Gasteiger partial charge in [0.25, 0.3) is 0 Å². The molecule has 1 heterocycles. The molecule has 0 spiro atoms. The average Bonchev–Trinajstić information content (AvgIpc) is 2.95. The molecule has 0 saturated carbocycles. The van der Waals surface area contributed by atoms with E-state index >= 15 is 0 Å². The lowest BCUT2D eigenvalue weighted by molar-refractivity contribution is -0.118. The third kappa shape index (κ3) is 5.25. The number of primary amides is 1. The van der Waals surface area contributed by atoms with Gasteiger partial charge in [-0.3, -0.25) is 14.5 Å². The summed E-state index contributed by atoms with van der Waals surface area (Å²) >= 11 is 1.36. The topological polar surface area (TPSA) is 102 Å². The predicted molar refractivity (Wildman–Crippen MR) is 97.1 cm³/mol. The van der Waals surface area contributed by atoms with Crippen molar-refractivity contribution < 1.29 is 14.0 Å². The monoisotopic (exact) mass is 364 g/mol. The number of carbonyl (C=O) groups is 2. The van der Waals surface area contributed by atoms with Crippen molar-refractivity contribution in [3.8, 4) is 0 Å². The van der Waals surface area contributed by atoms with Crippen LogP contribution < -0.4 is 16.4 Å². The van der Waals surface area contributed by atoms with Gasteiger partial charge >= 0.3 is 0 Å². The number of nitrogens with zero attached hydrogens (tertiary/aromatic N) is 2. The number of nitrogen functional groups attached to an aromatic ring is 1. The van der Waals surface area contributed by atoms with Crippen LogP contribution in [0.15, 0.2) is 24.4 Å². The van der Waals surface area contributed by atoms with Crippen LogP contribution in [0.5, 0.6) is 0 Å². The first-order chi connectivity index (χ1) is 11.9. The van der Waals surface area contributed by atoms with E-state index in [9.17, 15) is 14.0 Å².